The van der Waals surface area contributed by atoms with E-state index in [9.17, 15) is 4.79 Å². The largest absolute Gasteiger partial charge is 0.489 e. The summed E-state index contributed by atoms with van der Waals surface area (Å²) in [5, 5.41) is 4.03. The lowest BCUT2D eigenvalue weighted by molar-refractivity contribution is 0.0954. The molecular weight excluding hydrogens is 404 g/mol. The van der Waals surface area contributed by atoms with Gasteiger partial charge in [-0.25, -0.2) is 5.43 Å². The van der Waals surface area contributed by atoms with Gasteiger partial charge in [-0.3, -0.25) is 4.79 Å². The van der Waals surface area contributed by atoms with Gasteiger partial charge in [-0.1, -0.05) is 54.1 Å². The Hall–Kier alpha value is -2.92. The van der Waals surface area contributed by atoms with Gasteiger partial charge in [0.1, 0.15) is 12.4 Å². The number of aryl methyl sites for hydroxylation is 1. The van der Waals surface area contributed by atoms with E-state index in [1.807, 2.05) is 36.4 Å². The van der Waals surface area contributed by atoms with Crippen LogP contribution in [0.5, 0.6) is 5.75 Å². The van der Waals surface area contributed by atoms with E-state index < -0.39 is 0 Å². The number of hydrogen-bond donors (Lipinski definition) is 1. The fourth-order valence-corrected chi connectivity index (χ4v) is 2.87. The van der Waals surface area contributed by atoms with E-state index in [1.165, 1.54) is 5.56 Å². The number of benzene rings is 3. The average Bonchev–Trinajstić information content (AvgIpc) is 2.68. The maximum Gasteiger partial charge on any atom is 0.272 e. The van der Waals surface area contributed by atoms with E-state index in [4.69, 9.17) is 4.74 Å². The van der Waals surface area contributed by atoms with E-state index in [2.05, 4.69) is 57.6 Å². The number of amides is 1. The van der Waals surface area contributed by atoms with Gasteiger partial charge in [0.15, 0.2) is 0 Å². The number of carbonyl (C=O) groups excluding carboxylic acids is 1. The second-order valence-electron chi connectivity index (χ2n) is 6.03. The van der Waals surface area contributed by atoms with Crippen LogP contribution in [0.4, 0.5) is 0 Å². The Labute approximate surface area is 167 Å². The highest BCUT2D eigenvalue weighted by Crippen LogP contribution is 2.16. The molecule has 0 bridgehead atoms. The summed E-state index contributed by atoms with van der Waals surface area (Å²) < 4.78 is 6.56. The molecule has 0 radical (unpaired) electrons. The van der Waals surface area contributed by atoms with Crippen LogP contribution in [0.2, 0.25) is 0 Å². The van der Waals surface area contributed by atoms with Gasteiger partial charge in [0.25, 0.3) is 5.91 Å². The van der Waals surface area contributed by atoms with E-state index in [-0.39, 0.29) is 5.91 Å². The minimum atomic E-state index is -0.273. The van der Waals surface area contributed by atoms with Gasteiger partial charge in [-0.15, -0.1) is 0 Å². The van der Waals surface area contributed by atoms with Gasteiger partial charge in [0, 0.05) is 4.47 Å². The summed E-state index contributed by atoms with van der Waals surface area (Å²) in [6.45, 7) is 2.56. The Kier molecular flexibility index (Phi) is 6.39. The van der Waals surface area contributed by atoms with Gasteiger partial charge < -0.3 is 4.74 Å². The van der Waals surface area contributed by atoms with Crippen molar-refractivity contribution < 1.29 is 9.53 Å². The molecule has 0 aliphatic heterocycles. The number of nitrogens with zero attached hydrogens (tertiary/aromatic N) is 1. The molecule has 0 saturated heterocycles. The SMILES string of the molecule is Cc1ccc(COc2cccc(/C=N\NC(=O)c3ccccc3Br)c2)cc1. The zero-order valence-corrected chi connectivity index (χ0v) is 16.4. The maximum absolute atomic E-state index is 12.1. The van der Waals surface area contributed by atoms with E-state index in [1.54, 1.807) is 18.3 Å². The smallest absolute Gasteiger partial charge is 0.272 e. The fraction of sp³-hybridized carbons (Fsp3) is 0.0909. The highest BCUT2D eigenvalue weighted by atomic mass is 79.9. The molecule has 0 aliphatic rings. The van der Waals surface area contributed by atoms with Crippen molar-refractivity contribution in [1.29, 1.82) is 0 Å². The predicted molar refractivity (Wildman–Crippen MR) is 111 cm³/mol. The van der Waals surface area contributed by atoms with Crippen molar-refractivity contribution in [2.75, 3.05) is 0 Å². The molecule has 0 fully saturated rings. The highest BCUT2D eigenvalue weighted by Gasteiger charge is 2.07. The first-order chi connectivity index (χ1) is 13.1. The van der Waals surface area contributed by atoms with Crippen LogP contribution in [0.3, 0.4) is 0 Å². The van der Waals surface area contributed by atoms with Crippen molar-refractivity contribution in [1.82, 2.24) is 5.43 Å². The first-order valence-electron chi connectivity index (χ1n) is 8.48. The van der Waals surface area contributed by atoms with E-state index in [0.717, 1.165) is 21.3 Å². The summed E-state index contributed by atoms with van der Waals surface area (Å²) in [6, 6.07) is 23.0. The predicted octanol–water partition coefficient (Wildman–Crippen LogP) is 5.10. The second-order valence-corrected chi connectivity index (χ2v) is 6.88. The Morgan fingerprint density at radius 2 is 1.85 bits per heavy atom. The summed E-state index contributed by atoms with van der Waals surface area (Å²) in [4.78, 5) is 12.1. The molecule has 1 amide bonds. The third-order valence-corrected chi connectivity index (χ3v) is 4.57. The van der Waals surface area contributed by atoms with Crippen LogP contribution >= 0.6 is 15.9 Å². The van der Waals surface area contributed by atoms with Crippen molar-refractivity contribution in [3.63, 3.8) is 0 Å². The molecule has 0 aliphatic carbocycles. The zero-order chi connectivity index (χ0) is 19.1. The zero-order valence-electron chi connectivity index (χ0n) is 14.9. The first-order valence-corrected chi connectivity index (χ1v) is 9.27. The Balaban J connectivity index is 1.58. The van der Waals surface area contributed by atoms with Crippen LogP contribution in [-0.2, 0) is 6.61 Å². The number of halogens is 1. The Morgan fingerprint density at radius 1 is 1.07 bits per heavy atom. The maximum atomic E-state index is 12.1. The summed E-state index contributed by atoms with van der Waals surface area (Å²) in [5.41, 5.74) is 6.23. The van der Waals surface area contributed by atoms with Gasteiger partial charge in [-0.2, -0.15) is 5.10 Å². The number of carbonyl (C=O) groups is 1. The minimum absolute atomic E-state index is 0.273. The summed E-state index contributed by atoms with van der Waals surface area (Å²) >= 11 is 3.35. The van der Waals surface area contributed by atoms with Crippen molar-refractivity contribution in [3.8, 4) is 5.75 Å². The molecule has 5 heteroatoms. The molecule has 0 saturated carbocycles. The number of rotatable bonds is 6. The molecule has 0 spiro atoms. The summed E-state index contributed by atoms with van der Waals surface area (Å²) in [7, 11) is 0. The molecule has 0 atom stereocenters. The van der Waals surface area contributed by atoms with Crippen LogP contribution in [0.1, 0.15) is 27.0 Å². The molecule has 3 aromatic carbocycles. The van der Waals surface area contributed by atoms with E-state index >= 15 is 0 Å². The monoisotopic (exact) mass is 422 g/mol. The van der Waals surface area contributed by atoms with Crippen LogP contribution in [0.15, 0.2) is 82.4 Å². The highest BCUT2D eigenvalue weighted by molar-refractivity contribution is 9.10. The van der Waals surface area contributed by atoms with Crippen LogP contribution in [0, 0.1) is 6.92 Å². The van der Waals surface area contributed by atoms with Crippen LogP contribution in [-0.4, -0.2) is 12.1 Å². The van der Waals surface area contributed by atoms with Gasteiger partial charge in [0.2, 0.25) is 0 Å². The lowest BCUT2D eigenvalue weighted by Gasteiger charge is -2.07. The fourth-order valence-electron chi connectivity index (χ4n) is 2.41. The van der Waals surface area contributed by atoms with Crippen molar-refractivity contribution >= 4 is 28.1 Å². The van der Waals surface area contributed by atoms with Gasteiger partial charge in [-0.05, 0) is 58.2 Å². The summed E-state index contributed by atoms with van der Waals surface area (Å²) in [6.07, 6.45) is 1.59. The van der Waals surface area contributed by atoms with Crippen LogP contribution < -0.4 is 10.2 Å². The van der Waals surface area contributed by atoms with Gasteiger partial charge >= 0.3 is 0 Å². The number of hydrogen-bond acceptors (Lipinski definition) is 3. The third-order valence-electron chi connectivity index (χ3n) is 3.88. The first kappa shape index (κ1) is 18.9. The van der Waals surface area contributed by atoms with Crippen molar-refractivity contribution in [2.45, 2.75) is 13.5 Å². The second kappa shape index (κ2) is 9.14. The third kappa shape index (κ3) is 5.53. The lowest BCUT2D eigenvalue weighted by Crippen LogP contribution is -2.18. The molecule has 136 valence electrons. The number of hydrazone groups is 1. The van der Waals surface area contributed by atoms with Crippen molar-refractivity contribution in [3.05, 3.63) is 99.5 Å². The molecule has 1 N–H and O–H groups in total. The standard InChI is InChI=1S/C22H19BrN2O2/c1-16-9-11-17(12-10-16)15-27-19-6-4-5-18(13-19)14-24-25-22(26)20-7-2-3-8-21(20)23/h2-14H,15H2,1H3,(H,25,26)/b24-14-. The average molecular weight is 423 g/mol. The van der Waals surface area contributed by atoms with Gasteiger partial charge in [0.05, 0.1) is 11.8 Å². The Bertz CT molecular complexity index is 953. The molecule has 27 heavy (non-hydrogen) atoms. The normalized spacial score (nSPS) is 10.7. The molecule has 0 heterocycles. The topological polar surface area (TPSA) is 50.7 Å². The van der Waals surface area contributed by atoms with E-state index in [0.29, 0.717) is 12.2 Å². The number of nitrogens with one attached hydrogen (secondary N) is 1. The quantitative estimate of drug-likeness (QED) is 0.443. The lowest BCUT2D eigenvalue weighted by atomic mass is 10.2. The molecule has 0 aromatic heterocycles. The van der Waals surface area contributed by atoms with Crippen LogP contribution in [0.25, 0.3) is 0 Å². The molecule has 0 unspecified atom stereocenters. The molecular formula is C22H19BrN2O2. The minimum Gasteiger partial charge on any atom is -0.489 e. The Morgan fingerprint density at radius 3 is 2.63 bits per heavy atom. The molecule has 3 aromatic rings. The molecule has 4 nitrogen and oxygen atoms in total. The van der Waals surface area contributed by atoms with Crippen molar-refractivity contribution in [2.24, 2.45) is 5.10 Å². The summed E-state index contributed by atoms with van der Waals surface area (Å²) in [5.74, 6) is 0.474. The molecule has 3 rings (SSSR count). The number of ether oxygens (including phenoxy) is 1.